The second kappa shape index (κ2) is 9.49. The zero-order valence-corrected chi connectivity index (χ0v) is 16.3. The van der Waals surface area contributed by atoms with Gasteiger partial charge >= 0.3 is 0 Å². The van der Waals surface area contributed by atoms with Crippen LogP contribution in [0.25, 0.3) is 6.08 Å². The third-order valence-corrected chi connectivity index (χ3v) is 5.21. The molecule has 1 N–H and O–H groups in total. The Morgan fingerprint density at radius 2 is 1.70 bits per heavy atom. The van der Waals surface area contributed by atoms with Gasteiger partial charge in [0.1, 0.15) is 0 Å². The maximum Gasteiger partial charge on any atom is 0.241 e. The van der Waals surface area contributed by atoms with E-state index in [0.717, 1.165) is 44.0 Å². The van der Waals surface area contributed by atoms with Gasteiger partial charge in [0.25, 0.3) is 0 Å². The first kappa shape index (κ1) is 19.3. The summed E-state index contributed by atoms with van der Waals surface area (Å²) in [6, 6.07) is 18.2. The van der Waals surface area contributed by atoms with Crippen molar-refractivity contribution in [1.82, 2.24) is 9.80 Å². The molecule has 1 aliphatic rings. The van der Waals surface area contributed by atoms with Crippen LogP contribution >= 0.6 is 0 Å². The van der Waals surface area contributed by atoms with Gasteiger partial charge in [0.15, 0.2) is 0 Å². The minimum atomic E-state index is -0.119. The summed E-state index contributed by atoms with van der Waals surface area (Å²) in [6.45, 7) is 8.78. The van der Waals surface area contributed by atoms with Gasteiger partial charge in [-0.05, 0) is 31.0 Å². The zero-order valence-electron chi connectivity index (χ0n) is 16.3. The maximum atomic E-state index is 12.6. The van der Waals surface area contributed by atoms with E-state index in [4.69, 9.17) is 0 Å². The lowest BCUT2D eigenvalue weighted by Gasteiger charge is -2.37. The summed E-state index contributed by atoms with van der Waals surface area (Å²) in [4.78, 5) is 17.3. The third kappa shape index (κ3) is 5.52. The normalized spacial score (nSPS) is 17.1. The summed E-state index contributed by atoms with van der Waals surface area (Å²) in [5.41, 5.74) is 3.23. The second-order valence-electron chi connectivity index (χ2n) is 7.13. The Kier molecular flexibility index (Phi) is 6.80. The molecule has 27 heavy (non-hydrogen) atoms. The Morgan fingerprint density at radius 1 is 1.04 bits per heavy atom. The van der Waals surface area contributed by atoms with Gasteiger partial charge in [-0.3, -0.25) is 14.6 Å². The highest BCUT2D eigenvalue weighted by Gasteiger charge is 2.25. The summed E-state index contributed by atoms with van der Waals surface area (Å²) >= 11 is 0. The average Bonchev–Trinajstić information content (AvgIpc) is 2.70. The van der Waals surface area contributed by atoms with Crippen LogP contribution in [0.5, 0.6) is 0 Å². The van der Waals surface area contributed by atoms with Crippen molar-refractivity contribution >= 4 is 17.7 Å². The van der Waals surface area contributed by atoms with E-state index in [1.54, 1.807) is 0 Å². The Morgan fingerprint density at radius 3 is 2.41 bits per heavy atom. The van der Waals surface area contributed by atoms with E-state index in [1.807, 2.05) is 44.2 Å². The first-order valence-corrected chi connectivity index (χ1v) is 9.68. The highest BCUT2D eigenvalue weighted by atomic mass is 16.2. The molecule has 142 valence electrons. The lowest BCUT2D eigenvalue weighted by molar-refractivity contribution is -0.121. The molecule has 1 aliphatic heterocycles. The van der Waals surface area contributed by atoms with Crippen LogP contribution in [-0.4, -0.2) is 54.5 Å². The summed E-state index contributed by atoms with van der Waals surface area (Å²) < 4.78 is 0. The number of carbonyl (C=O) groups excluding carboxylic acids is 1. The van der Waals surface area contributed by atoms with Gasteiger partial charge in [-0.2, -0.15) is 0 Å². The molecule has 0 saturated carbocycles. The van der Waals surface area contributed by atoms with E-state index in [2.05, 4.69) is 51.5 Å². The lowest BCUT2D eigenvalue weighted by atomic mass is 10.1. The van der Waals surface area contributed by atoms with Crippen molar-refractivity contribution in [1.29, 1.82) is 0 Å². The van der Waals surface area contributed by atoms with Crippen molar-refractivity contribution in [2.24, 2.45) is 0 Å². The van der Waals surface area contributed by atoms with Crippen molar-refractivity contribution in [3.05, 3.63) is 71.8 Å². The van der Waals surface area contributed by atoms with E-state index < -0.39 is 0 Å². The van der Waals surface area contributed by atoms with Crippen molar-refractivity contribution in [2.75, 3.05) is 38.0 Å². The molecule has 1 amide bonds. The Bertz CT molecular complexity index is 764. The molecule has 1 fully saturated rings. The van der Waals surface area contributed by atoms with Crippen LogP contribution in [0.15, 0.2) is 60.7 Å². The predicted octanol–water partition coefficient (Wildman–Crippen LogP) is 3.65. The van der Waals surface area contributed by atoms with E-state index in [-0.39, 0.29) is 11.9 Å². The number of amides is 1. The zero-order chi connectivity index (χ0) is 19.1. The minimum absolute atomic E-state index is 0.0710. The van der Waals surface area contributed by atoms with Crippen LogP contribution < -0.4 is 5.32 Å². The highest BCUT2D eigenvalue weighted by Crippen LogP contribution is 2.15. The van der Waals surface area contributed by atoms with Crippen LogP contribution in [0.4, 0.5) is 5.69 Å². The number of nitrogens with one attached hydrogen (secondary N) is 1. The Hall–Kier alpha value is -2.43. The van der Waals surface area contributed by atoms with Crippen molar-refractivity contribution in [3.63, 3.8) is 0 Å². The minimum Gasteiger partial charge on any atom is -0.324 e. The van der Waals surface area contributed by atoms with Crippen molar-refractivity contribution in [3.8, 4) is 0 Å². The molecule has 1 unspecified atom stereocenters. The molecule has 2 aromatic rings. The molecule has 0 aliphatic carbocycles. The molecule has 4 heteroatoms. The van der Waals surface area contributed by atoms with Gasteiger partial charge < -0.3 is 5.32 Å². The number of benzene rings is 2. The molecule has 1 saturated heterocycles. The lowest BCUT2D eigenvalue weighted by Crippen LogP contribution is -2.52. The molecule has 4 nitrogen and oxygen atoms in total. The number of rotatable bonds is 6. The SMILES string of the molecule is Cc1ccccc1NC(=O)C(C)N1CCN(C/C=C/c2ccccc2)CC1. The standard InChI is InChI=1S/C23H29N3O/c1-19-9-6-7-13-22(19)24-23(27)20(2)26-17-15-25(16-18-26)14-8-12-21-10-4-3-5-11-21/h3-13,20H,14-18H2,1-2H3,(H,24,27)/b12-8+. The highest BCUT2D eigenvalue weighted by molar-refractivity contribution is 5.95. The number of piperazine rings is 1. The first-order valence-electron chi connectivity index (χ1n) is 9.68. The quantitative estimate of drug-likeness (QED) is 0.851. The summed E-state index contributed by atoms with van der Waals surface area (Å²) in [5.74, 6) is 0.0710. The first-order chi connectivity index (χ1) is 13.1. The van der Waals surface area contributed by atoms with E-state index >= 15 is 0 Å². The largest absolute Gasteiger partial charge is 0.324 e. The fraction of sp³-hybridized carbons (Fsp3) is 0.348. The predicted molar refractivity (Wildman–Crippen MR) is 113 cm³/mol. The molecular weight excluding hydrogens is 334 g/mol. The third-order valence-electron chi connectivity index (χ3n) is 5.21. The summed E-state index contributed by atoms with van der Waals surface area (Å²) in [6.07, 6.45) is 4.39. The Labute approximate surface area is 162 Å². The van der Waals surface area contributed by atoms with Crippen LogP contribution in [0.1, 0.15) is 18.1 Å². The topological polar surface area (TPSA) is 35.6 Å². The van der Waals surface area contributed by atoms with Crippen molar-refractivity contribution < 1.29 is 4.79 Å². The molecule has 1 atom stereocenters. The van der Waals surface area contributed by atoms with Gasteiger partial charge in [0.05, 0.1) is 6.04 Å². The Balaban J connectivity index is 1.45. The summed E-state index contributed by atoms with van der Waals surface area (Å²) in [7, 11) is 0. The van der Waals surface area contributed by atoms with Crippen molar-refractivity contribution in [2.45, 2.75) is 19.9 Å². The van der Waals surface area contributed by atoms with Gasteiger partial charge in [0, 0.05) is 38.4 Å². The van der Waals surface area contributed by atoms with Crippen LogP contribution in [0.3, 0.4) is 0 Å². The molecule has 3 rings (SSSR count). The molecule has 0 radical (unpaired) electrons. The van der Waals surface area contributed by atoms with Gasteiger partial charge in [-0.1, -0.05) is 60.7 Å². The molecule has 1 heterocycles. The maximum absolute atomic E-state index is 12.6. The number of carbonyl (C=O) groups is 1. The second-order valence-corrected chi connectivity index (χ2v) is 7.13. The molecule has 2 aromatic carbocycles. The number of para-hydroxylation sites is 1. The molecule has 0 spiro atoms. The van der Waals surface area contributed by atoms with Gasteiger partial charge in [-0.25, -0.2) is 0 Å². The fourth-order valence-corrected chi connectivity index (χ4v) is 3.35. The number of hydrogen-bond donors (Lipinski definition) is 1. The average molecular weight is 364 g/mol. The summed E-state index contributed by atoms with van der Waals surface area (Å²) in [5, 5.41) is 3.07. The number of anilines is 1. The molecule has 0 aromatic heterocycles. The van der Waals surface area contributed by atoms with Gasteiger partial charge in [0.2, 0.25) is 5.91 Å². The van der Waals surface area contributed by atoms with Crippen LogP contribution in [0, 0.1) is 6.92 Å². The van der Waals surface area contributed by atoms with E-state index in [9.17, 15) is 4.79 Å². The smallest absolute Gasteiger partial charge is 0.241 e. The van der Waals surface area contributed by atoms with Crippen LogP contribution in [-0.2, 0) is 4.79 Å². The van der Waals surface area contributed by atoms with Gasteiger partial charge in [-0.15, -0.1) is 0 Å². The number of aryl methyl sites for hydroxylation is 1. The fourth-order valence-electron chi connectivity index (χ4n) is 3.35. The number of nitrogens with zero attached hydrogens (tertiary/aromatic N) is 2. The van der Waals surface area contributed by atoms with E-state index in [0.29, 0.717) is 0 Å². The van der Waals surface area contributed by atoms with Crippen LogP contribution in [0.2, 0.25) is 0 Å². The van der Waals surface area contributed by atoms with E-state index in [1.165, 1.54) is 5.56 Å². The monoisotopic (exact) mass is 363 g/mol. The number of hydrogen-bond acceptors (Lipinski definition) is 3. The molecular formula is C23H29N3O. The molecule has 0 bridgehead atoms.